The van der Waals surface area contributed by atoms with Crippen molar-refractivity contribution in [2.24, 2.45) is 0 Å². The highest BCUT2D eigenvalue weighted by molar-refractivity contribution is 6.18. The molecule has 0 atom stereocenters. The standard InChI is InChI=1S/C15H16ClN3O3/c1-2-22-15(21)11-3-5-13(6-4-11)19-14(20)12(9-17)10-18-8-7-16/h3-6,10,18H,2,7-8H2,1H3,(H,19,20)/b12-10-. The van der Waals surface area contributed by atoms with Crippen LogP contribution in [-0.4, -0.2) is 30.9 Å². The number of alkyl halides is 1. The number of halogens is 1. The highest BCUT2D eigenvalue weighted by atomic mass is 35.5. The minimum atomic E-state index is -0.548. The molecule has 1 aromatic carbocycles. The van der Waals surface area contributed by atoms with E-state index in [4.69, 9.17) is 21.6 Å². The van der Waals surface area contributed by atoms with E-state index in [1.165, 1.54) is 18.3 Å². The zero-order chi connectivity index (χ0) is 16.4. The number of hydrogen-bond acceptors (Lipinski definition) is 5. The second-order valence-corrected chi connectivity index (χ2v) is 4.44. The lowest BCUT2D eigenvalue weighted by molar-refractivity contribution is -0.112. The lowest BCUT2D eigenvalue weighted by atomic mass is 10.2. The predicted molar refractivity (Wildman–Crippen MR) is 83.4 cm³/mol. The lowest BCUT2D eigenvalue weighted by Crippen LogP contribution is -2.17. The number of esters is 1. The van der Waals surface area contributed by atoms with E-state index < -0.39 is 11.9 Å². The maximum atomic E-state index is 11.9. The zero-order valence-electron chi connectivity index (χ0n) is 12.1. The van der Waals surface area contributed by atoms with Gasteiger partial charge in [-0.25, -0.2) is 4.79 Å². The molecule has 0 radical (unpaired) electrons. The minimum Gasteiger partial charge on any atom is -0.462 e. The van der Waals surface area contributed by atoms with Crippen molar-refractivity contribution in [2.75, 3.05) is 24.3 Å². The molecule has 22 heavy (non-hydrogen) atoms. The number of hydrogen-bond donors (Lipinski definition) is 2. The number of anilines is 1. The van der Waals surface area contributed by atoms with Gasteiger partial charge in [0.25, 0.3) is 5.91 Å². The van der Waals surface area contributed by atoms with Crippen LogP contribution >= 0.6 is 11.6 Å². The largest absolute Gasteiger partial charge is 0.462 e. The molecule has 0 aromatic heterocycles. The molecule has 0 aliphatic rings. The molecule has 0 aliphatic heterocycles. The van der Waals surface area contributed by atoms with Crippen LogP contribution in [-0.2, 0) is 9.53 Å². The summed E-state index contributed by atoms with van der Waals surface area (Å²) in [6, 6.07) is 7.99. The van der Waals surface area contributed by atoms with Crippen molar-refractivity contribution in [1.29, 1.82) is 5.26 Å². The van der Waals surface area contributed by atoms with E-state index in [1.807, 2.05) is 0 Å². The van der Waals surface area contributed by atoms with Gasteiger partial charge in [0.1, 0.15) is 11.6 Å². The highest BCUT2D eigenvalue weighted by Gasteiger charge is 2.10. The van der Waals surface area contributed by atoms with Crippen molar-refractivity contribution < 1.29 is 14.3 Å². The molecule has 0 unspecified atom stereocenters. The average molecular weight is 322 g/mol. The van der Waals surface area contributed by atoms with Crippen molar-refractivity contribution >= 4 is 29.2 Å². The van der Waals surface area contributed by atoms with Crippen molar-refractivity contribution in [3.8, 4) is 6.07 Å². The molecule has 2 N–H and O–H groups in total. The maximum Gasteiger partial charge on any atom is 0.338 e. The Kier molecular flexibility index (Phi) is 7.51. The summed E-state index contributed by atoms with van der Waals surface area (Å²) in [7, 11) is 0. The number of ether oxygens (including phenoxy) is 1. The zero-order valence-corrected chi connectivity index (χ0v) is 12.8. The lowest BCUT2D eigenvalue weighted by Gasteiger charge is -2.06. The predicted octanol–water partition coefficient (Wildman–Crippen LogP) is 2.04. The molecule has 1 aromatic rings. The number of carbonyl (C=O) groups excluding carboxylic acids is 2. The number of nitrogens with zero attached hydrogens (tertiary/aromatic N) is 1. The second kappa shape index (κ2) is 9.42. The van der Waals surface area contributed by atoms with Gasteiger partial charge in [-0.3, -0.25) is 4.79 Å². The Labute approximate surface area is 133 Å². The van der Waals surface area contributed by atoms with E-state index in [0.29, 0.717) is 30.3 Å². The van der Waals surface area contributed by atoms with Gasteiger partial charge in [0.15, 0.2) is 0 Å². The summed E-state index contributed by atoms with van der Waals surface area (Å²) in [6.45, 7) is 2.47. The van der Waals surface area contributed by atoms with Crippen LogP contribution < -0.4 is 10.6 Å². The number of nitriles is 1. The molecule has 1 amide bonds. The first-order valence-corrected chi connectivity index (χ1v) is 7.14. The number of rotatable bonds is 7. The molecule has 6 nitrogen and oxygen atoms in total. The number of carbonyl (C=O) groups is 2. The van der Waals surface area contributed by atoms with Crippen LogP contribution in [0.1, 0.15) is 17.3 Å². The summed E-state index contributed by atoms with van der Waals surface area (Å²) in [6.07, 6.45) is 1.31. The van der Waals surface area contributed by atoms with Gasteiger partial charge >= 0.3 is 5.97 Å². The Morgan fingerprint density at radius 3 is 2.59 bits per heavy atom. The van der Waals surface area contributed by atoms with Crippen LogP contribution in [0.15, 0.2) is 36.0 Å². The molecule has 7 heteroatoms. The fourth-order valence-corrected chi connectivity index (χ4v) is 1.59. The summed E-state index contributed by atoms with van der Waals surface area (Å²) in [5.41, 5.74) is 0.788. The van der Waals surface area contributed by atoms with Gasteiger partial charge in [0.2, 0.25) is 0 Å². The third-order valence-electron chi connectivity index (χ3n) is 2.50. The quantitative estimate of drug-likeness (QED) is 0.264. The first-order chi connectivity index (χ1) is 10.6. The van der Waals surface area contributed by atoms with Gasteiger partial charge in [-0.05, 0) is 31.2 Å². The van der Waals surface area contributed by atoms with Crippen LogP contribution in [0, 0.1) is 11.3 Å². The Hall–Kier alpha value is -2.52. The molecule has 116 valence electrons. The molecule has 0 fully saturated rings. The fourth-order valence-electron chi connectivity index (χ4n) is 1.48. The average Bonchev–Trinajstić information content (AvgIpc) is 2.52. The summed E-state index contributed by atoms with van der Waals surface area (Å²) in [5, 5.41) is 14.3. The van der Waals surface area contributed by atoms with E-state index in [-0.39, 0.29) is 5.57 Å². The highest BCUT2D eigenvalue weighted by Crippen LogP contribution is 2.11. The maximum absolute atomic E-state index is 11.9. The van der Waals surface area contributed by atoms with Crippen molar-refractivity contribution in [3.63, 3.8) is 0 Å². The van der Waals surface area contributed by atoms with Gasteiger partial charge < -0.3 is 15.4 Å². The third-order valence-corrected chi connectivity index (χ3v) is 2.69. The molecular weight excluding hydrogens is 306 g/mol. The van der Waals surface area contributed by atoms with Crippen molar-refractivity contribution in [2.45, 2.75) is 6.92 Å². The van der Waals surface area contributed by atoms with E-state index >= 15 is 0 Å². The molecular formula is C15H16ClN3O3. The molecule has 0 aliphatic carbocycles. The summed E-state index contributed by atoms with van der Waals surface area (Å²) < 4.78 is 4.86. The van der Waals surface area contributed by atoms with E-state index in [2.05, 4.69) is 10.6 Å². The monoisotopic (exact) mass is 321 g/mol. The molecule has 0 saturated heterocycles. The molecule has 0 heterocycles. The van der Waals surface area contributed by atoms with Gasteiger partial charge in [-0.15, -0.1) is 11.6 Å². The van der Waals surface area contributed by atoms with E-state index in [1.54, 1.807) is 25.1 Å². The molecule has 1 rings (SSSR count). The minimum absolute atomic E-state index is 0.0698. The molecule has 0 bridgehead atoms. The van der Waals surface area contributed by atoms with Crippen molar-refractivity contribution in [1.82, 2.24) is 5.32 Å². The van der Waals surface area contributed by atoms with E-state index in [0.717, 1.165) is 0 Å². The van der Waals surface area contributed by atoms with Crippen molar-refractivity contribution in [3.05, 3.63) is 41.6 Å². The second-order valence-electron chi connectivity index (χ2n) is 4.06. The number of amides is 1. The Balaban J connectivity index is 2.70. The molecule has 0 spiro atoms. The summed E-state index contributed by atoms with van der Waals surface area (Å²) in [4.78, 5) is 23.4. The third kappa shape index (κ3) is 5.46. The van der Waals surface area contributed by atoms with Crippen LogP contribution in [0.25, 0.3) is 0 Å². The first-order valence-electron chi connectivity index (χ1n) is 6.60. The van der Waals surface area contributed by atoms with Gasteiger partial charge in [0, 0.05) is 24.3 Å². The smallest absolute Gasteiger partial charge is 0.338 e. The van der Waals surface area contributed by atoms with Crippen LogP contribution in [0.5, 0.6) is 0 Å². The van der Waals surface area contributed by atoms with Gasteiger partial charge in [0.05, 0.1) is 12.2 Å². The first kappa shape index (κ1) is 17.5. The summed E-state index contributed by atoms with van der Waals surface area (Å²) in [5.74, 6) is -0.608. The van der Waals surface area contributed by atoms with Gasteiger partial charge in [-0.1, -0.05) is 0 Å². The van der Waals surface area contributed by atoms with Crippen LogP contribution in [0.2, 0.25) is 0 Å². The molecule has 0 saturated carbocycles. The number of nitrogens with one attached hydrogen (secondary N) is 2. The fraction of sp³-hybridized carbons (Fsp3) is 0.267. The number of benzene rings is 1. The van der Waals surface area contributed by atoms with Gasteiger partial charge in [-0.2, -0.15) is 5.26 Å². The Morgan fingerprint density at radius 2 is 2.05 bits per heavy atom. The topological polar surface area (TPSA) is 91.2 Å². The van der Waals surface area contributed by atoms with Crippen LogP contribution in [0.4, 0.5) is 5.69 Å². The Bertz CT molecular complexity index is 591. The SMILES string of the molecule is CCOC(=O)c1ccc(NC(=O)/C(C#N)=C\NCCCl)cc1. The van der Waals surface area contributed by atoms with E-state index in [9.17, 15) is 9.59 Å². The Morgan fingerprint density at radius 1 is 1.36 bits per heavy atom. The van der Waals surface area contributed by atoms with Crippen LogP contribution in [0.3, 0.4) is 0 Å². The normalized spacial score (nSPS) is 10.5. The summed E-state index contributed by atoms with van der Waals surface area (Å²) >= 11 is 5.49.